The highest BCUT2D eigenvalue weighted by molar-refractivity contribution is 6.27. The summed E-state index contributed by atoms with van der Waals surface area (Å²) < 4.78 is 5.51. The number of ether oxygens (including phenoxy) is 1. The summed E-state index contributed by atoms with van der Waals surface area (Å²) in [5.41, 5.74) is 1.20. The number of carboxylic acid groups (broad SMARTS) is 2. The molecule has 0 aliphatic carbocycles. The van der Waals surface area contributed by atoms with E-state index in [-0.39, 0.29) is 0 Å². The standard InChI is InChI=1S/C21H33N3O2.C2H2O4/c1-17(2)16-21(25)24-10-8-18(9-11-24)22-12-14-23(15-13-22)19-6-4-5-7-20(19)26-3;3-1(4)2(5)6/h4-7,17-18H,8-16H2,1-3H3;(H,3,4)(H,5,6). The number of methoxy groups -OCH3 is 1. The lowest BCUT2D eigenvalue weighted by atomic mass is 10.0. The zero-order chi connectivity index (χ0) is 23.7. The van der Waals surface area contributed by atoms with Crippen LogP contribution >= 0.6 is 0 Å². The molecule has 32 heavy (non-hydrogen) atoms. The summed E-state index contributed by atoms with van der Waals surface area (Å²) in [4.78, 5) is 37.6. The van der Waals surface area contributed by atoms with E-state index in [1.165, 1.54) is 5.69 Å². The maximum absolute atomic E-state index is 12.2. The Morgan fingerprint density at radius 2 is 1.53 bits per heavy atom. The van der Waals surface area contributed by atoms with E-state index in [4.69, 9.17) is 24.5 Å². The second-order valence-electron chi connectivity index (χ2n) is 8.52. The number of carboxylic acids is 2. The van der Waals surface area contributed by atoms with E-state index in [0.29, 0.717) is 24.3 Å². The zero-order valence-corrected chi connectivity index (χ0v) is 19.2. The van der Waals surface area contributed by atoms with Crippen LogP contribution in [-0.2, 0) is 14.4 Å². The molecule has 2 heterocycles. The van der Waals surface area contributed by atoms with Crippen molar-refractivity contribution in [1.29, 1.82) is 0 Å². The molecule has 3 rings (SSSR count). The van der Waals surface area contributed by atoms with Gasteiger partial charge in [0.15, 0.2) is 0 Å². The van der Waals surface area contributed by atoms with E-state index in [9.17, 15) is 4.79 Å². The average Bonchev–Trinajstić information content (AvgIpc) is 2.79. The molecule has 2 N–H and O–H groups in total. The summed E-state index contributed by atoms with van der Waals surface area (Å²) in [6.07, 6.45) is 2.90. The van der Waals surface area contributed by atoms with Gasteiger partial charge in [-0.3, -0.25) is 9.69 Å². The van der Waals surface area contributed by atoms with Crippen LogP contribution in [0, 0.1) is 5.92 Å². The van der Waals surface area contributed by atoms with Crippen LogP contribution in [0.1, 0.15) is 33.1 Å². The number of aliphatic carboxylic acids is 2. The number of amides is 1. The number of rotatable bonds is 5. The normalized spacial score (nSPS) is 17.5. The van der Waals surface area contributed by atoms with Gasteiger partial charge in [0.2, 0.25) is 5.91 Å². The molecule has 2 aliphatic rings. The first-order valence-corrected chi connectivity index (χ1v) is 11.1. The molecule has 0 saturated carbocycles. The molecule has 9 nitrogen and oxygen atoms in total. The van der Waals surface area contributed by atoms with Crippen LogP contribution in [0.5, 0.6) is 5.75 Å². The van der Waals surface area contributed by atoms with Gasteiger partial charge in [-0.05, 0) is 30.9 Å². The minimum absolute atomic E-state index is 0.333. The molecular formula is C23H35N3O6. The third-order valence-corrected chi connectivity index (χ3v) is 5.84. The van der Waals surface area contributed by atoms with E-state index in [2.05, 4.69) is 40.7 Å². The van der Waals surface area contributed by atoms with Crippen molar-refractivity contribution in [2.75, 3.05) is 51.3 Å². The molecule has 0 atom stereocenters. The van der Waals surface area contributed by atoms with Gasteiger partial charge in [-0.25, -0.2) is 9.59 Å². The summed E-state index contributed by atoms with van der Waals surface area (Å²) in [7, 11) is 1.74. The topological polar surface area (TPSA) is 111 Å². The first kappa shape index (κ1) is 25.5. The Balaban J connectivity index is 0.000000534. The average molecular weight is 450 g/mol. The fourth-order valence-corrected chi connectivity index (χ4v) is 4.18. The van der Waals surface area contributed by atoms with Crippen LogP contribution in [0.25, 0.3) is 0 Å². The fraction of sp³-hybridized carbons (Fsp3) is 0.609. The number of benzene rings is 1. The van der Waals surface area contributed by atoms with Gasteiger partial charge in [0.25, 0.3) is 0 Å². The van der Waals surface area contributed by atoms with Gasteiger partial charge >= 0.3 is 11.9 Å². The Kier molecular flexibility index (Phi) is 9.77. The monoisotopic (exact) mass is 449 g/mol. The van der Waals surface area contributed by atoms with Gasteiger partial charge in [-0.2, -0.15) is 0 Å². The molecule has 0 unspecified atom stereocenters. The van der Waals surface area contributed by atoms with E-state index in [1.54, 1.807) is 7.11 Å². The molecule has 1 aromatic rings. The second kappa shape index (κ2) is 12.3. The highest BCUT2D eigenvalue weighted by atomic mass is 16.5. The number of likely N-dealkylation sites (tertiary alicyclic amines) is 1. The Bertz CT molecular complexity index is 757. The van der Waals surface area contributed by atoms with Gasteiger partial charge in [0.1, 0.15) is 5.75 Å². The van der Waals surface area contributed by atoms with Crippen molar-refractivity contribution in [3.05, 3.63) is 24.3 Å². The molecule has 0 bridgehead atoms. The van der Waals surface area contributed by atoms with Crippen molar-refractivity contribution in [2.45, 2.75) is 39.2 Å². The summed E-state index contributed by atoms with van der Waals surface area (Å²) in [5.74, 6) is -1.91. The maximum Gasteiger partial charge on any atom is 0.414 e. The van der Waals surface area contributed by atoms with Crippen molar-refractivity contribution in [1.82, 2.24) is 9.80 Å². The summed E-state index contributed by atoms with van der Waals surface area (Å²) >= 11 is 0. The lowest BCUT2D eigenvalue weighted by Gasteiger charge is -2.43. The zero-order valence-electron chi connectivity index (χ0n) is 19.2. The number of para-hydroxylation sites is 2. The van der Waals surface area contributed by atoms with E-state index in [1.807, 2.05) is 12.1 Å². The lowest BCUT2D eigenvalue weighted by molar-refractivity contribution is -0.159. The van der Waals surface area contributed by atoms with E-state index in [0.717, 1.165) is 57.9 Å². The Hall–Kier alpha value is -2.81. The Morgan fingerprint density at radius 3 is 2.03 bits per heavy atom. The van der Waals surface area contributed by atoms with Crippen molar-refractivity contribution in [2.24, 2.45) is 5.92 Å². The van der Waals surface area contributed by atoms with Crippen LogP contribution in [0.15, 0.2) is 24.3 Å². The van der Waals surface area contributed by atoms with Crippen LogP contribution in [-0.4, -0.2) is 90.3 Å². The number of hydrogen-bond donors (Lipinski definition) is 2. The van der Waals surface area contributed by atoms with Gasteiger partial charge in [-0.15, -0.1) is 0 Å². The van der Waals surface area contributed by atoms with Gasteiger partial charge in [0.05, 0.1) is 12.8 Å². The Morgan fingerprint density at radius 1 is 0.969 bits per heavy atom. The molecule has 1 amide bonds. The Labute approximate surface area is 189 Å². The molecule has 0 radical (unpaired) electrons. The van der Waals surface area contributed by atoms with Crippen molar-refractivity contribution < 1.29 is 29.3 Å². The summed E-state index contributed by atoms with van der Waals surface area (Å²) in [5, 5.41) is 14.8. The number of nitrogens with zero attached hydrogens (tertiary/aromatic N) is 3. The minimum Gasteiger partial charge on any atom is -0.495 e. The van der Waals surface area contributed by atoms with Gasteiger partial charge < -0.3 is 24.7 Å². The smallest absolute Gasteiger partial charge is 0.414 e. The van der Waals surface area contributed by atoms with Crippen LogP contribution in [0.4, 0.5) is 5.69 Å². The van der Waals surface area contributed by atoms with E-state index >= 15 is 0 Å². The van der Waals surface area contributed by atoms with Crippen molar-refractivity contribution in [3.63, 3.8) is 0 Å². The predicted octanol–water partition coefficient (Wildman–Crippen LogP) is 2.01. The van der Waals surface area contributed by atoms with Crippen LogP contribution in [0.3, 0.4) is 0 Å². The SMILES string of the molecule is COc1ccccc1N1CCN(C2CCN(C(=O)CC(C)C)CC2)CC1.O=C(O)C(=O)O. The molecule has 0 aromatic heterocycles. The lowest BCUT2D eigenvalue weighted by Crippen LogP contribution is -2.53. The van der Waals surface area contributed by atoms with Gasteiger partial charge in [0, 0.05) is 51.7 Å². The van der Waals surface area contributed by atoms with Gasteiger partial charge in [-0.1, -0.05) is 26.0 Å². The molecule has 0 spiro atoms. The molecule has 178 valence electrons. The predicted molar refractivity (Wildman–Crippen MR) is 121 cm³/mol. The molecule has 2 saturated heterocycles. The summed E-state index contributed by atoms with van der Waals surface area (Å²) in [6, 6.07) is 8.90. The highest BCUT2D eigenvalue weighted by Gasteiger charge is 2.29. The van der Waals surface area contributed by atoms with Crippen LogP contribution in [0.2, 0.25) is 0 Å². The third kappa shape index (κ3) is 7.40. The second-order valence-corrected chi connectivity index (χ2v) is 8.52. The number of piperidine rings is 1. The largest absolute Gasteiger partial charge is 0.495 e. The summed E-state index contributed by atoms with van der Waals surface area (Å²) in [6.45, 7) is 10.3. The maximum atomic E-state index is 12.2. The number of carbonyl (C=O) groups is 3. The number of hydrogen-bond acceptors (Lipinski definition) is 6. The number of piperazine rings is 1. The molecular weight excluding hydrogens is 414 g/mol. The van der Waals surface area contributed by atoms with E-state index < -0.39 is 11.9 Å². The molecule has 9 heteroatoms. The van der Waals surface area contributed by atoms with Crippen LogP contribution < -0.4 is 9.64 Å². The molecule has 2 aliphatic heterocycles. The fourth-order valence-electron chi connectivity index (χ4n) is 4.18. The van der Waals surface area contributed by atoms with Crippen molar-refractivity contribution in [3.8, 4) is 5.75 Å². The minimum atomic E-state index is -1.82. The quantitative estimate of drug-likeness (QED) is 0.657. The number of anilines is 1. The highest BCUT2D eigenvalue weighted by Crippen LogP contribution is 2.29. The number of carbonyl (C=O) groups excluding carboxylic acids is 1. The molecule has 2 fully saturated rings. The molecule has 1 aromatic carbocycles. The first-order chi connectivity index (χ1) is 15.2. The first-order valence-electron chi connectivity index (χ1n) is 11.1. The van der Waals surface area contributed by atoms with Crippen molar-refractivity contribution >= 4 is 23.5 Å². The third-order valence-electron chi connectivity index (χ3n) is 5.84.